The molecule has 58 heavy (non-hydrogen) atoms. The van der Waals surface area contributed by atoms with Gasteiger partial charge >= 0.3 is 0 Å². The highest BCUT2D eigenvalue weighted by atomic mass is 16.4. The summed E-state index contributed by atoms with van der Waals surface area (Å²) in [5.41, 5.74) is 8.51. The summed E-state index contributed by atoms with van der Waals surface area (Å²) < 4.78 is 13.4. The molecular formula is C52H30N4O2. The molecule has 0 spiro atoms. The fourth-order valence-corrected chi connectivity index (χ4v) is 8.43. The van der Waals surface area contributed by atoms with Crippen LogP contribution in [0.1, 0.15) is 0 Å². The van der Waals surface area contributed by atoms with Crippen LogP contribution in [-0.2, 0) is 0 Å². The standard InChI is InChI=1S/C52H30N4O2/c1-2-15-33(16-3-1)52-53-43-27-28-44-46(48(43)58-52)45-40-24-9-6-17-35(40)30-42(47(45)57-44)51-55-49(54-50(56-51)41-26-12-19-32-14-5-8-23-38(32)41)36-21-10-20-34(29-36)39-25-11-18-31-13-4-7-22-37(31)39/h1-30H. The van der Waals surface area contributed by atoms with Gasteiger partial charge in [0, 0.05) is 22.1 Å². The zero-order chi connectivity index (χ0) is 38.2. The topological polar surface area (TPSA) is 77.8 Å². The van der Waals surface area contributed by atoms with Crippen LogP contribution in [0.4, 0.5) is 0 Å². The van der Waals surface area contributed by atoms with Gasteiger partial charge in [-0.05, 0) is 79.8 Å². The lowest BCUT2D eigenvalue weighted by Gasteiger charge is -2.12. The van der Waals surface area contributed by atoms with Gasteiger partial charge in [0.05, 0.1) is 10.9 Å². The van der Waals surface area contributed by atoms with E-state index < -0.39 is 0 Å². The van der Waals surface area contributed by atoms with E-state index in [0.717, 1.165) is 71.2 Å². The molecule has 0 fully saturated rings. The molecule has 0 aliphatic heterocycles. The van der Waals surface area contributed by atoms with Crippen LogP contribution in [0.3, 0.4) is 0 Å². The Bertz CT molecular complexity index is 3580. The molecule has 6 nitrogen and oxygen atoms in total. The molecule has 0 bridgehead atoms. The fourth-order valence-electron chi connectivity index (χ4n) is 8.43. The molecule has 0 aliphatic carbocycles. The molecule has 3 heterocycles. The lowest BCUT2D eigenvalue weighted by molar-refractivity contribution is 0.622. The third kappa shape index (κ3) is 5.12. The van der Waals surface area contributed by atoms with Crippen molar-refractivity contribution in [2.24, 2.45) is 0 Å². The summed E-state index contributed by atoms with van der Waals surface area (Å²) in [6.07, 6.45) is 0. The smallest absolute Gasteiger partial charge is 0.227 e. The molecule has 0 amide bonds. The van der Waals surface area contributed by atoms with Crippen molar-refractivity contribution in [3.63, 3.8) is 0 Å². The molecule has 0 unspecified atom stereocenters. The van der Waals surface area contributed by atoms with Crippen molar-refractivity contribution in [1.29, 1.82) is 0 Å². The maximum Gasteiger partial charge on any atom is 0.227 e. The monoisotopic (exact) mass is 742 g/mol. The van der Waals surface area contributed by atoms with Gasteiger partial charge in [-0.15, -0.1) is 0 Å². The first-order chi connectivity index (χ1) is 28.7. The van der Waals surface area contributed by atoms with Gasteiger partial charge < -0.3 is 8.83 Å². The highest BCUT2D eigenvalue weighted by Crippen LogP contribution is 2.44. The van der Waals surface area contributed by atoms with E-state index in [0.29, 0.717) is 40.1 Å². The van der Waals surface area contributed by atoms with E-state index in [2.05, 4.69) is 140 Å². The lowest BCUT2D eigenvalue weighted by Crippen LogP contribution is -2.01. The number of hydrogen-bond acceptors (Lipinski definition) is 6. The third-order valence-electron chi connectivity index (χ3n) is 11.1. The Kier molecular flexibility index (Phi) is 7.13. The molecule has 12 aromatic rings. The minimum atomic E-state index is 0.511. The van der Waals surface area contributed by atoms with E-state index in [4.69, 9.17) is 28.8 Å². The van der Waals surface area contributed by atoms with Crippen molar-refractivity contribution < 1.29 is 8.83 Å². The van der Waals surface area contributed by atoms with Gasteiger partial charge in [0.25, 0.3) is 0 Å². The van der Waals surface area contributed by atoms with Gasteiger partial charge in [-0.25, -0.2) is 19.9 Å². The van der Waals surface area contributed by atoms with Crippen LogP contribution in [0.2, 0.25) is 0 Å². The van der Waals surface area contributed by atoms with E-state index in [-0.39, 0.29) is 0 Å². The van der Waals surface area contributed by atoms with Gasteiger partial charge in [0.1, 0.15) is 16.7 Å². The molecule has 0 aliphatic rings. The van der Waals surface area contributed by atoms with Gasteiger partial charge in [-0.1, -0.05) is 146 Å². The quantitative estimate of drug-likeness (QED) is 0.175. The molecule has 3 aromatic heterocycles. The second kappa shape index (κ2) is 12.8. The van der Waals surface area contributed by atoms with E-state index in [1.807, 2.05) is 42.5 Å². The van der Waals surface area contributed by atoms with E-state index in [1.54, 1.807) is 0 Å². The minimum Gasteiger partial charge on any atom is -0.455 e. The van der Waals surface area contributed by atoms with Crippen LogP contribution in [0, 0.1) is 0 Å². The summed E-state index contributed by atoms with van der Waals surface area (Å²) in [5, 5.41) is 8.41. The van der Waals surface area contributed by atoms with Gasteiger partial charge in [-0.2, -0.15) is 0 Å². The van der Waals surface area contributed by atoms with E-state index >= 15 is 0 Å². The molecular weight excluding hydrogens is 713 g/mol. The molecule has 6 heteroatoms. The van der Waals surface area contributed by atoms with Crippen LogP contribution in [0.5, 0.6) is 0 Å². The Morgan fingerprint density at radius 1 is 0.328 bits per heavy atom. The average Bonchev–Trinajstić information content (AvgIpc) is 3.91. The predicted molar refractivity (Wildman–Crippen MR) is 234 cm³/mol. The van der Waals surface area contributed by atoms with Gasteiger partial charge in [0.2, 0.25) is 5.89 Å². The maximum absolute atomic E-state index is 6.86. The number of furan rings is 1. The van der Waals surface area contributed by atoms with Crippen LogP contribution in [0.15, 0.2) is 191 Å². The molecule has 12 rings (SSSR count). The largest absolute Gasteiger partial charge is 0.455 e. The molecule has 0 saturated heterocycles. The van der Waals surface area contributed by atoms with E-state index in [1.165, 1.54) is 10.8 Å². The number of nitrogens with zero attached hydrogens (tertiary/aromatic N) is 4. The van der Waals surface area contributed by atoms with E-state index in [9.17, 15) is 0 Å². The predicted octanol–water partition coefficient (Wildman–Crippen LogP) is 13.7. The Balaban J connectivity index is 1.13. The van der Waals surface area contributed by atoms with Crippen molar-refractivity contribution in [3.05, 3.63) is 182 Å². The summed E-state index contributed by atoms with van der Waals surface area (Å²) in [7, 11) is 0. The van der Waals surface area contributed by atoms with Crippen molar-refractivity contribution in [2.75, 3.05) is 0 Å². The first-order valence-corrected chi connectivity index (χ1v) is 19.3. The molecule has 0 saturated carbocycles. The molecule has 270 valence electrons. The molecule has 0 N–H and O–H groups in total. The average molecular weight is 743 g/mol. The van der Waals surface area contributed by atoms with Crippen LogP contribution < -0.4 is 0 Å². The highest BCUT2D eigenvalue weighted by molar-refractivity contribution is 6.27. The normalized spacial score (nSPS) is 11.8. The highest BCUT2D eigenvalue weighted by Gasteiger charge is 2.24. The SMILES string of the molecule is c1ccc(-c2nc3ccc4oc5c(-c6nc(-c7cccc(-c8cccc9ccccc89)c7)nc(-c7cccc8ccccc78)n6)cc6ccccc6c5c4c3o2)cc1. The summed E-state index contributed by atoms with van der Waals surface area (Å²) in [6, 6.07) is 62.4. The number of benzene rings is 9. The number of rotatable bonds is 5. The Morgan fingerprint density at radius 2 is 0.914 bits per heavy atom. The summed E-state index contributed by atoms with van der Waals surface area (Å²) >= 11 is 0. The first-order valence-electron chi connectivity index (χ1n) is 19.3. The minimum absolute atomic E-state index is 0.511. The van der Waals surface area contributed by atoms with Crippen molar-refractivity contribution >= 4 is 65.4 Å². The zero-order valence-corrected chi connectivity index (χ0v) is 30.9. The van der Waals surface area contributed by atoms with Crippen molar-refractivity contribution in [3.8, 4) is 56.7 Å². The number of fused-ring (bicyclic) bond motifs is 9. The Labute approximate surface area is 331 Å². The van der Waals surface area contributed by atoms with Gasteiger partial charge in [0.15, 0.2) is 23.1 Å². The molecule has 0 radical (unpaired) electrons. The Morgan fingerprint density at radius 3 is 1.71 bits per heavy atom. The summed E-state index contributed by atoms with van der Waals surface area (Å²) in [5.74, 6) is 2.22. The number of oxazole rings is 1. The second-order valence-corrected chi connectivity index (χ2v) is 14.6. The van der Waals surface area contributed by atoms with Crippen LogP contribution >= 0.6 is 0 Å². The van der Waals surface area contributed by atoms with Crippen LogP contribution in [0.25, 0.3) is 122 Å². The summed E-state index contributed by atoms with van der Waals surface area (Å²) in [4.78, 5) is 20.7. The lowest BCUT2D eigenvalue weighted by atomic mass is 9.97. The molecule has 9 aromatic carbocycles. The molecule has 0 atom stereocenters. The Hall–Kier alpha value is -7.96. The van der Waals surface area contributed by atoms with Crippen molar-refractivity contribution in [2.45, 2.75) is 0 Å². The number of hydrogen-bond donors (Lipinski definition) is 0. The first kappa shape index (κ1) is 32.3. The zero-order valence-electron chi connectivity index (χ0n) is 30.9. The fraction of sp³-hybridized carbons (Fsp3) is 0. The summed E-state index contributed by atoms with van der Waals surface area (Å²) in [6.45, 7) is 0. The maximum atomic E-state index is 6.86. The second-order valence-electron chi connectivity index (χ2n) is 14.6. The number of aromatic nitrogens is 4. The van der Waals surface area contributed by atoms with Crippen LogP contribution in [-0.4, -0.2) is 19.9 Å². The third-order valence-corrected chi connectivity index (χ3v) is 11.1. The van der Waals surface area contributed by atoms with Crippen molar-refractivity contribution in [1.82, 2.24) is 19.9 Å². The van der Waals surface area contributed by atoms with Gasteiger partial charge in [-0.3, -0.25) is 0 Å².